The van der Waals surface area contributed by atoms with Gasteiger partial charge in [0.25, 0.3) is 5.91 Å². The highest BCUT2D eigenvalue weighted by Gasteiger charge is 2.07. The highest BCUT2D eigenvalue weighted by atomic mass is 32.1. The minimum absolute atomic E-state index is 0.0213. The minimum Gasteiger partial charge on any atom is -0.508 e. The summed E-state index contributed by atoms with van der Waals surface area (Å²) in [5.74, 6) is 0.232. The fraction of sp³-hybridized carbons (Fsp3) is 0.278. The number of carbonyl (C=O) groups excluding carboxylic acids is 1. The molecule has 0 aliphatic rings. The number of phenols is 1. The minimum atomic E-state index is -0.0213. The fourth-order valence-corrected chi connectivity index (χ4v) is 2.89. The molecule has 122 valence electrons. The molecule has 0 atom stereocenters. The van der Waals surface area contributed by atoms with Crippen LogP contribution in [-0.2, 0) is 0 Å². The number of carbonyl (C=O) groups is 1. The van der Waals surface area contributed by atoms with Gasteiger partial charge in [0, 0.05) is 11.4 Å². The average molecular weight is 330 g/mol. The van der Waals surface area contributed by atoms with Crippen LogP contribution in [0.2, 0.25) is 0 Å². The summed E-state index contributed by atoms with van der Waals surface area (Å²) in [7, 11) is 0. The van der Waals surface area contributed by atoms with E-state index >= 15 is 0 Å². The van der Waals surface area contributed by atoms with E-state index in [0.717, 1.165) is 29.7 Å². The third kappa shape index (κ3) is 5.88. The number of nitrogens with one attached hydrogen (secondary N) is 1. The Hall–Kier alpha value is -2.11. The number of phenolic OH excluding ortho intramolecular Hbond substituents is 1. The second-order valence-corrected chi connectivity index (χ2v) is 6.35. The Morgan fingerprint density at radius 3 is 2.61 bits per heavy atom. The molecule has 0 unspecified atom stereocenters. The van der Waals surface area contributed by atoms with Crippen LogP contribution in [0.15, 0.2) is 36.4 Å². The van der Waals surface area contributed by atoms with Crippen LogP contribution in [0, 0.1) is 0 Å². The summed E-state index contributed by atoms with van der Waals surface area (Å²) in [5, 5.41) is 12.2. The van der Waals surface area contributed by atoms with Gasteiger partial charge >= 0.3 is 0 Å². The van der Waals surface area contributed by atoms with E-state index in [1.54, 1.807) is 12.1 Å². The normalized spacial score (nSPS) is 11.0. The molecule has 2 rings (SSSR count). The first kappa shape index (κ1) is 17.2. The summed E-state index contributed by atoms with van der Waals surface area (Å²) < 4.78 is 0. The Morgan fingerprint density at radius 2 is 1.87 bits per heavy atom. The number of benzene rings is 1. The van der Waals surface area contributed by atoms with Crippen molar-refractivity contribution in [3.8, 4) is 5.75 Å². The Bertz CT molecular complexity index is 647. The summed E-state index contributed by atoms with van der Waals surface area (Å²) in [6.07, 6.45) is 6.93. The molecule has 5 heteroatoms. The van der Waals surface area contributed by atoms with E-state index in [2.05, 4.69) is 5.32 Å². The number of thiophene rings is 1. The lowest BCUT2D eigenvalue weighted by atomic mass is 10.2. The molecular formula is C18H22N2O2S. The predicted molar refractivity (Wildman–Crippen MR) is 96.6 cm³/mol. The molecule has 4 nitrogen and oxygen atoms in total. The van der Waals surface area contributed by atoms with Gasteiger partial charge in [0.15, 0.2) is 0 Å². The van der Waals surface area contributed by atoms with Crippen LogP contribution >= 0.6 is 11.3 Å². The molecule has 0 spiro atoms. The average Bonchev–Trinajstić information content (AvgIpc) is 3.03. The zero-order valence-corrected chi connectivity index (χ0v) is 13.8. The number of aromatic hydroxyl groups is 1. The first-order valence-corrected chi connectivity index (χ1v) is 8.56. The number of nitrogens with two attached hydrogens (primary N) is 1. The zero-order chi connectivity index (χ0) is 16.5. The van der Waals surface area contributed by atoms with Crippen molar-refractivity contribution in [1.82, 2.24) is 5.32 Å². The second-order valence-electron chi connectivity index (χ2n) is 5.23. The molecule has 1 aromatic heterocycles. The first-order valence-electron chi connectivity index (χ1n) is 7.74. The van der Waals surface area contributed by atoms with Gasteiger partial charge in [-0.05, 0) is 55.3 Å². The second kappa shape index (κ2) is 9.12. The maximum atomic E-state index is 12.0. The predicted octanol–water partition coefficient (Wildman–Crippen LogP) is 3.48. The Kier molecular flexibility index (Phi) is 6.84. The third-order valence-corrected chi connectivity index (χ3v) is 4.40. The molecule has 0 saturated heterocycles. The molecule has 4 N–H and O–H groups in total. The molecule has 0 bridgehead atoms. The van der Waals surface area contributed by atoms with Crippen LogP contribution in [0.25, 0.3) is 12.2 Å². The Labute approximate surface area is 140 Å². The smallest absolute Gasteiger partial charge is 0.261 e. The van der Waals surface area contributed by atoms with Crippen molar-refractivity contribution < 1.29 is 9.90 Å². The van der Waals surface area contributed by atoms with E-state index in [4.69, 9.17) is 5.73 Å². The van der Waals surface area contributed by atoms with Gasteiger partial charge < -0.3 is 16.2 Å². The lowest BCUT2D eigenvalue weighted by molar-refractivity contribution is 0.0957. The van der Waals surface area contributed by atoms with Gasteiger partial charge in [-0.25, -0.2) is 0 Å². The Balaban J connectivity index is 1.84. The number of unbranched alkanes of at least 4 members (excludes halogenated alkanes) is 2. The third-order valence-electron chi connectivity index (χ3n) is 3.35. The van der Waals surface area contributed by atoms with Gasteiger partial charge in [0.05, 0.1) is 4.88 Å². The molecule has 0 aliphatic heterocycles. The number of amides is 1. The topological polar surface area (TPSA) is 75.3 Å². The van der Waals surface area contributed by atoms with Crippen LogP contribution in [0.3, 0.4) is 0 Å². The van der Waals surface area contributed by atoms with Crippen molar-refractivity contribution in [2.45, 2.75) is 19.3 Å². The lowest BCUT2D eigenvalue weighted by Crippen LogP contribution is -2.23. The standard InChI is InChI=1S/C18H22N2O2S/c19-12-2-1-3-13-20-18(22)17-11-10-16(23-17)9-6-14-4-7-15(21)8-5-14/h4-11,21H,1-3,12-13,19H2,(H,20,22)/b9-6+. The van der Waals surface area contributed by atoms with Gasteiger partial charge in [-0.2, -0.15) is 0 Å². The van der Waals surface area contributed by atoms with E-state index in [-0.39, 0.29) is 11.7 Å². The lowest BCUT2D eigenvalue weighted by Gasteiger charge is -2.02. The number of hydrogen-bond donors (Lipinski definition) is 3. The van der Waals surface area contributed by atoms with Gasteiger partial charge in [-0.3, -0.25) is 4.79 Å². The molecule has 1 aromatic carbocycles. The zero-order valence-electron chi connectivity index (χ0n) is 13.0. The summed E-state index contributed by atoms with van der Waals surface area (Å²) in [4.78, 5) is 13.8. The molecule has 1 amide bonds. The van der Waals surface area contributed by atoms with Crippen LogP contribution < -0.4 is 11.1 Å². The summed E-state index contributed by atoms with van der Waals surface area (Å²) in [6.45, 7) is 1.39. The fourth-order valence-electron chi connectivity index (χ4n) is 2.06. The van der Waals surface area contributed by atoms with E-state index in [0.29, 0.717) is 18.0 Å². The van der Waals surface area contributed by atoms with Crippen molar-refractivity contribution in [2.24, 2.45) is 5.73 Å². The maximum Gasteiger partial charge on any atom is 0.261 e. The van der Waals surface area contributed by atoms with Gasteiger partial charge in [-0.15, -0.1) is 11.3 Å². The molecule has 0 saturated carbocycles. The summed E-state index contributed by atoms with van der Waals surface area (Å²) in [5.41, 5.74) is 6.44. The maximum absolute atomic E-state index is 12.0. The molecule has 2 aromatic rings. The van der Waals surface area contributed by atoms with Crippen molar-refractivity contribution >= 4 is 29.4 Å². The molecule has 0 radical (unpaired) electrons. The van der Waals surface area contributed by atoms with Crippen LogP contribution in [0.1, 0.15) is 39.4 Å². The van der Waals surface area contributed by atoms with E-state index in [1.165, 1.54) is 11.3 Å². The number of hydrogen-bond acceptors (Lipinski definition) is 4. The molecule has 23 heavy (non-hydrogen) atoms. The number of rotatable bonds is 8. The summed E-state index contributed by atoms with van der Waals surface area (Å²) >= 11 is 1.46. The molecular weight excluding hydrogens is 308 g/mol. The van der Waals surface area contributed by atoms with Gasteiger partial charge in [0.1, 0.15) is 5.75 Å². The Morgan fingerprint density at radius 1 is 1.09 bits per heavy atom. The molecule has 0 fully saturated rings. The van der Waals surface area contributed by atoms with Crippen LogP contribution in [0.5, 0.6) is 5.75 Å². The molecule has 1 heterocycles. The van der Waals surface area contributed by atoms with Gasteiger partial charge in [-0.1, -0.05) is 24.6 Å². The van der Waals surface area contributed by atoms with Crippen LogP contribution in [-0.4, -0.2) is 24.1 Å². The highest BCUT2D eigenvalue weighted by Crippen LogP contribution is 2.20. The first-order chi connectivity index (χ1) is 11.2. The van der Waals surface area contributed by atoms with Crippen molar-refractivity contribution in [2.75, 3.05) is 13.1 Å². The monoisotopic (exact) mass is 330 g/mol. The van der Waals surface area contributed by atoms with Crippen LogP contribution in [0.4, 0.5) is 0 Å². The van der Waals surface area contributed by atoms with Crippen molar-refractivity contribution in [3.63, 3.8) is 0 Å². The van der Waals surface area contributed by atoms with E-state index < -0.39 is 0 Å². The highest BCUT2D eigenvalue weighted by molar-refractivity contribution is 7.14. The molecule has 0 aliphatic carbocycles. The van der Waals surface area contributed by atoms with Crippen molar-refractivity contribution in [3.05, 3.63) is 51.7 Å². The van der Waals surface area contributed by atoms with Gasteiger partial charge in [0.2, 0.25) is 0 Å². The largest absolute Gasteiger partial charge is 0.508 e. The van der Waals surface area contributed by atoms with Crippen molar-refractivity contribution in [1.29, 1.82) is 0 Å². The summed E-state index contributed by atoms with van der Waals surface area (Å²) in [6, 6.07) is 10.8. The van der Waals surface area contributed by atoms with E-state index in [9.17, 15) is 9.90 Å². The quantitative estimate of drug-likeness (QED) is 0.649. The van der Waals surface area contributed by atoms with E-state index in [1.807, 2.05) is 36.4 Å². The SMILES string of the molecule is NCCCCCNC(=O)c1ccc(/C=C/c2ccc(O)cc2)s1.